The zero-order chi connectivity index (χ0) is 28.7. The van der Waals surface area contributed by atoms with Gasteiger partial charge in [0, 0.05) is 44.9 Å². The van der Waals surface area contributed by atoms with Crippen molar-refractivity contribution >= 4 is 40.9 Å². The van der Waals surface area contributed by atoms with Crippen molar-refractivity contribution in [3.05, 3.63) is 35.9 Å². The van der Waals surface area contributed by atoms with E-state index in [1.165, 1.54) is 0 Å². The zero-order valence-electron chi connectivity index (χ0n) is 20.9. The minimum atomic E-state index is -5.08. The Balaban J connectivity index is 0.000000856. The molecule has 37 heavy (non-hydrogen) atoms. The monoisotopic (exact) mass is 529 g/mol. The number of aliphatic carboxylic acids is 1. The Morgan fingerprint density at radius 3 is 1.78 bits per heavy atom. The molecule has 7 N–H and O–H groups in total. The van der Waals surface area contributed by atoms with Crippen LogP contribution in [0, 0.1) is 10.8 Å². The van der Waals surface area contributed by atoms with Crippen LogP contribution in [0.1, 0.15) is 48.2 Å². The van der Waals surface area contributed by atoms with Crippen LogP contribution in [0.5, 0.6) is 0 Å². The normalized spacial score (nSPS) is 11.1. The molecule has 0 saturated carbocycles. The second-order valence-corrected chi connectivity index (χ2v) is 8.94. The van der Waals surface area contributed by atoms with Gasteiger partial charge in [-0.15, -0.1) is 0 Å². The van der Waals surface area contributed by atoms with Crippen molar-refractivity contribution in [2.24, 2.45) is 25.2 Å². The van der Waals surface area contributed by atoms with Crippen molar-refractivity contribution in [1.29, 1.82) is 5.41 Å². The summed E-state index contributed by atoms with van der Waals surface area (Å²) in [6, 6.07) is 3.16. The highest BCUT2D eigenvalue weighted by atomic mass is 19.4. The second kappa shape index (κ2) is 12.1. The SMILES string of the molecule is Cn1cc(NC(=O)c2cc(NC(=O)C(C)(C)C)cn2C)cc1C(=O)NCCC(=N)N.O=C(O)C(F)(F)F. The fourth-order valence-electron chi connectivity index (χ4n) is 2.63. The van der Waals surface area contributed by atoms with Crippen LogP contribution in [0.15, 0.2) is 24.5 Å². The molecule has 0 atom stereocenters. The van der Waals surface area contributed by atoms with E-state index in [4.69, 9.17) is 21.0 Å². The van der Waals surface area contributed by atoms with Gasteiger partial charge < -0.3 is 35.9 Å². The van der Waals surface area contributed by atoms with Crippen molar-refractivity contribution < 1.29 is 37.5 Å². The summed E-state index contributed by atoms with van der Waals surface area (Å²) in [6.45, 7) is 5.68. The van der Waals surface area contributed by atoms with Gasteiger partial charge in [0.2, 0.25) is 5.91 Å². The van der Waals surface area contributed by atoms with E-state index < -0.39 is 17.6 Å². The van der Waals surface area contributed by atoms with Crippen LogP contribution in [0.25, 0.3) is 0 Å². The topological polar surface area (TPSA) is 184 Å². The first-order valence-electron chi connectivity index (χ1n) is 10.7. The number of carbonyl (C=O) groups excluding carboxylic acids is 3. The van der Waals surface area contributed by atoms with E-state index >= 15 is 0 Å². The minimum Gasteiger partial charge on any atom is -0.475 e. The van der Waals surface area contributed by atoms with Crippen LogP contribution in [-0.4, -0.2) is 56.5 Å². The third-order valence-corrected chi connectivity index (χ3v) is 4.59. The van der Waals surface area contributed by atoms with Crippen LogP contribution in [0.4, 0.5) is 24.5 Å². The average Bonchev–Trinajstić information content (AvgIpc) is 3.28. The molecule has 2 heterocycles. The number of hydrogen-bond acceptors (Lipinski definition) is 5. The molecule has 0 spiro atoms. The molecule has 12 nitrogen and oxygen atoms in total. The van der Waals surface area contributed by atoms with Gasteiger partial charge in [0.05, 0.1) is 17.2 Å². The Bertz CT molecular complexity index is 1180. The summed E-state index contributed by atoms with van der Waals surface area (Å²) in [5, 5.41) is 22.5. The number of carbonyl (C=O) groups is 4. The number of nitrogens with zero attached hydrogens (tertiary/aromatic N) is 2. The van der Waals surface area contributed by atoms with Gasteiger partial charge in [-0.25, -0.2) is 4.79 Å². The molecule has 0 fully saturated rings. The maximum atomic E-state index is 12.7. The number of nitrogens with one attached hydrogen (secondary N) is 4. The summed E-state index contributed by atoms with van der Waals surface area (Å²) in [4.78, 5) is 46.0. The summed E-state index contributed by atoms with van der Waals surface area (Å²) in [7, 11) is 3.40. The van der Waals surface area contributed by atoms with Crippen molar-refractivity contribution in [3.63, 3.8) is 0 Å². The standard InChI is InChI=1S/C20H29N7O3.C2HF3O2/c1-20(2,3)19(30)25-13-9-15(27(5)11-13)18(29)24-12-8-14(26(4)10-12)17(28)23-7-6-16(21)22;3-2(4,5)1(6)7/h8-11H,6-7H2,1-5H3,(H3,21,22)(H,23,28)(H,24,29)(H,25,30);(H,6,7). The van der Waals surface area contributed by atoms with Crippen LogP contribution >= 0.6 is 0 Å². The molecule has 0 radical (unpaired) electrons. The molecule has 0 aliphatic carbocycles. The molecule has 0 aromatic carbocycles. The lowest BCUT2D eigenvalue weighted by Crippen LogP contribution is -2.28. The Morgan fingerprint density at radius 2 is 1.38 bits per heavy atom. The number of aromatic nitrogens is 2. The smallest absolute Gasteiger partial charge is 0.475 e. The van der Waals surface area contributed by atoms with Gasteiger partial charge in [0.25, 0.3) is 11.8 Å². The number of hydrogen-bond donors (Lipinski definition) is 6. The molecule has 2 aromatic heterocycles. The fourth-order valence-corrected chi connectivity index (χ4v) is 2.63. The van der Waals surface area contributed by atoms with E-state index in [0.29, 0.717) is 22.8 Å². The van der Waals surface area contributed by atoms with Gasteiger partial charge in [0.15, 0.2) is 0 Å². The summed E-state index contributed by atoms with van der Waals surface area (Å²) < 4.78 is 34.9. The van der Waals surface area contributed by atoms with Crippen molar-refractivity contribution in [2.45, 2.75) is 33.4 Å². The molecular weight excluding hydrogens is 499 g/mol. The first-order valence-corrected chi connectivity index (χ1v) is 10.7. The first kappa shape index (κ1) is 30.7. The van der Waals surface area contributed by atoms with E-state index in [0.717, 1.165) is 0 Å². The number of amidine groups is 1. The number of anilines is 2. The predicted octanol–water partition coefficient (Wildman–Crippen LogP) is 2.29. The number of carboxylic acid groups (broad SMARTS) is 1. The van der Waals surface area contributed by atoms with Crippen LogP contribution in [0.2, 0.25) is 0 Å². The van der Waals surface area contributed by atoms with E-state index in [9.17, 15) is 27.6 Å². The molecule has 0 unspecified atom stereocenters. The van der Waals surface area contributed by atoms with E-state index in [1.54, 1.807) is 47.8 Å². The highest BCUT2D eigenvalue weighted by molar-refractivity contribution is 6.05. The quantitative estimate of drug-likeness (QED) is 0.236. The molecule has 0 bridgehead atoms. The predicted molar refractivity (Wildman–Crippen MR) is 129 cm³/mol. The molecule has 2 rings (SSSR count). The molecule has 0 aliphatic rings. The van der Waals surface area contributed by atoms with Gasteiger partial charge in [0.1, 0.15) is 11.4 Å². The van der Waals surface area contributed by atoms with Gasteiger partial charge in [-0.05, 0) is 12.1 Å². The molecular formula is C22H30F3N7O5. The molecule has 2 aromatic rings. The minimum absolute atomic E-state index is 0.00393. The van der Waals surface area contributed by atoms with Gasteiger partial charge >= 0.3 is 12.1 Å². The molecule has 3 amide bonds. The molecule has 0 saturated heterocycles. The van der Waals surface area contributed by atoms with E-state index in [1.807, 2.05) is 20.8 Å². The summed E-state index contributed by atoms with van der Waals surface area (Å²) in [6.07, 6.45) is -1.53. The highest BCUT2D eigenvalue weighted by Gasteiger charge is 2.38. The average molecular weight is 530 g/mol. The van der Waals surface area contributed by atoms with Crippen molar-refractivity contribution in [3.8, 4) is 0 Å². The van der Waals surface area contributed by atoms with Crippen LogP contribution in [0.3, 0.4) is 0 Å². The maximum Gasteiger partial charge on any atom is 0.490 e. The highest BCUT2D eigenvalue weighted by Crippen LogP contribution is 2.20. The van der Waals surface area contributed by atoms with Crippen molar-refractivity contribution in [2.75, 3.05) is 17.2 Å². The molecule has 0 aliphatic heterocycles. The number of halogens is 3. The van der Waals surface area contributed by atoms with Crippen LogP contribution < -0.4 is 21.7 Å². The Kier molecular flexibility index (Phi) is 10.0. The fraction of sp³-hybridized carbons (Fsp3) is 0.409. The number of nitrogens with two attached hydrogens (primary N) is 1. The summed E-state index contributed by atoms with van der Waals surface area (Å²) >= 11 is 0. The summed E-state index contributed by atoms with van der Waals surface area (Å²) in [5.74, 6) is -3.61. The van der Waals surface area contributed by atoms with Crippen molar-refractivity contribution in [1.82, 2.24) is 14.5 Å². The number of carboxylic acids is 1. The Labute approximate surface area is 210 Å². The second-order valence-electron chi connectivity index (χ2n) is 8.94. The third kappa shape index (κ3) is 9.70. The lowest BCUT2D eigenvalue weighted by Gasteiger charge is -2.16. The Morgan fingerprint density at radius 1 is 0.946 bits per heavy atom. The van der Waals surface area contributed by atoms with Gasteiger partial charge in [-0.3, -0.25) is 19.8 Å². The number of aryl methyl sites for hydroxylation is 2. The largest absolute Gasteiger partial charge is 0.490 e. The molecule has 15 heteroatoms. The van der Waals surface area contributed by atoms with E-state index in [-0.39, 0.29) is 36.5 Å². The zero-order valence-corrected chi connectivity index (χ0v) is 20.9. The van der Waals surface area contributed by atoms with Gasteiger partial charge in [-0.1, -0.05) is 20.8 Å². The lowest BCUT2D eigenvalue weighted by molar-refractivity contribution is -0.192. The third-order valence-electron chi connectivity index (χ3n) is 4.59. The Hall–Kier alpha value is -4.30. The number of rotatable bonds is 7. The molecule has 204 valence electrons. The maximum absolute atomic E-state index is 12.7. The van der Waals surface area contributed by atoms with Crippen LogP contribution in [-0.2, 0) is 23.7 Å². The number of amides is 3. The first-order chi connectivity index (χ1) is 16.8. The number of alkyl halides is 3. The van der Waals surface area contributed by atoms with Gasteiger partial charge in [-0.2, -0.15) is 13.2 Å². The lowest BCUT2D eigenvalue weighted by atomic mass is 9.96. The van der Waals surface area contributed by atoms with E-state index in [2.05, 4.69) is 16.0 Å². The summed E-state index contributed by atoms with van der Waals surface area (Å²) in [5.41, 5.74) is 6.43.